The summed E-state index contributed by atoms with van der Waals surface area (Å²) in [7, 11) is 1.84. The number of aromatic nitrogens is 2. The van der Waals surface area contributed by atoms with E-state index in [0.717, 1.165) is 29.1 Å². The third kappa shape index (κ3) is 3.43. The maximum Gasteiger partial charge on any atom is 0.131 e. The average molecular weight is 307 g/mol. The van der Waals surface area contributed by atoms with Crippen LogP contribution in [0.1, 0.15) is 5.56 Å². The molecular formula is C13H15BrN4. The minimum Gasteiger partial charge on any atom is -0.373 e. The molecule has 0 saturated carbocycles. The number of benzene rings is 1. The molecule has 0 saturated heterocycles. The van der Waals surface area contributed by atoms with Crippen molar-refractivity contribution in [1.82, 2.24) is 9.97 Å². The Kier molecular flexibility index (Phi) is 4.52. The highest BCUT2D eigenvalue weighted by molar-refractivity contribution is 9.10. The van der Waals surface area contributed by atoms with Gasteiger partial charge < -0.3 is 10.6 Å². The van der Waals surface area contributed by atoms with Crippen LogP contribution in [0.25, 0.3) is 0 Å². The summed E-state index contributed by atoms with van der Waals surface area (Å²) < 4.78 is 1.14. The van der Waals surface area contributed by atoms with Gasteiger partial charge in [-0.2, -0.15) is 0 Å². The van der Waals surface area contributed by atoms with E-state index in [4.69, 9.17) is 0 Å². The quantitative estimate of drug-likeness (QED) is 0.892. The molecule has 0 bridgehead atoms. The normalized spacial score (nSPS) is 10.1. The molecule has 0 amide bonds. The van der Waals surface area contributed by atoms with Gasteiger partial charge >= 0.3 is 0 Å². The van der Waals surface area contributed by atoms with Crippen molar-refractivity contribution >= 4 is 27.6 Å². The molecule has 2 rings (SSSR count). The third-order valence-corrected chi connectivity index (χ3v) is 3.36. The summed E-state index contributed by atoms with van der Waals surface area (Å²) >= 11 is 3.54. The zero-order chi connectivity index (χ0) is 12.8. The highest BCUT2D eigenvalue weighted by Gasteiger charge is 1.99. The molecule has 0 aliphatic rings. The first-order valence-electron chi connectivity index (χ1n) is 5.76. The van der Waals surface area contributed by atoms with Gasteiger partial charge in [0.2, 0.25) is 0 Å². The molecule has 0 spiro atoms. The van der Waals surface area contributed by atoms with Crippen molar-refractivity contribution in [3.63, 3.8) is 0 Å². The lowest BCUT2D eigenvalue weighted by atomic mass is 10.1. The molecule has 94 valence electrons. The van der Waals surface area contributed by atoms with E-state index in [-0.39, 0.29) is 0 Å². The Labute approximate surface area is 115 Å². The summed E-state index contributed by atoms with van der Waals surface area (Å²) in [4.78, 5) is 8.24. The lowest BCUT2D eigenvalue weighted by Crippen LogP contribution is -2.07. The minimum atomic E-state index is 0.813. The number of rotatable bonds is 5. The van der Waals surface area contributed by atoms with Crippen LogP contribution >= 0.6 is 15.9 Å². The van der Waals surface area contributed by atoms with Crippen molar-refractivity contribution in [2.45, 2.75) is 6.42 Å². The Balaban J connectivity index is 1.90. The van der Waals surface area contributed by atoms with Gasteiger partial charge in [-0.1, -0.05) is 34.1 Å². The van der Waals surface area contributed by atoms with Crippen LogP contribution < -0.4 is 10.6 Å². The summed E-state index contributed by atoms with van der Waals surface area (Å²) in [5, 5.41) is 6.27. The fourth-order valence-electron chi connectivity index (χ4n) is 1.62. The van der Waals surface area contributed by atoms with E-state index >= 15 is 0 Å². The molecule has 0 unspecified atom stereocenters. The van der Waals surface area contributed by atoms with Gasteiger partial charge in [0.15, 0.2) is 0 Å². The van der Waals surface area contributed by atoms with Crippen molar-refractivity contribution in [1.29, 1.82) is 0 Å². The van der Waals surface area contributed by atoms with Gasteiger partial charge in [0, 0.05) is 24.1 Å². The predicted octanol–water partition coefficient (Wildman–Crippen LogP) is 2.94. The van der Waals surface area contributed by atoms with Crippen LogP contribution in [0.3, 0.4) is 0 Å². The van der Waals surface area contributed by atoms with Gasteiger partial charge in [0.05, 0.1) is 0 Å². The van der Waals surface area contributed by atoms with Crippen LogP contribution in [0.5, 0.6) is 0 Å². The molecule has 1 aromatic heterocycles. The van der Waals surface area contributed by atoms with E-state index in [9.17, 15) is 0 Å². The molecule has 2 aromatic rings. The number of anilines is 2. The van der Waals surface area contributed by atoms with Crippen molar-refractivity contribution < 1.29 is 0 Å². The first-order valence-corrected chi connectivity index (χ1v) is 6.56. The number of hydrogen-bond donors (Lipinski definition) is 2. The lowest BCUT2D eigenvalue weighted by molar-refractivity contribution is 0.994. The molecular weight excluding hydrogens is 292 g/mol. The van der Waals surface area contributed by atoms with E-state index in [0.29, 0.717) is 0 Å². The molecule has 1 aromatic carbocycles. The molecule has 0 aliphatic carbocycles. The highest BCUT2D eigenvalue weighted by atomic mass is 79.9. The molecule has 0 radical (unpaired) electrons. The van der Waals surface area contributed by atoms with Gasteiger partial charge in [-0.15, -0.1) is 0 Å². The van der Waals surface area contributed by atoms with Crippen molar-refractivity contribution in [2.75, 3.05) is 24.2 Å². The molecule has 4 nitrogen and oxygen atoms in total. The first kappa shape index (κ1) is 12.8. The molecule has 0 atom stereocenters. The van der Waals surface area contributed by atoms with Crippen LogP contribution in [0.15, 0.2) is 41.1 Å². The number of halogens is 1. The molecule has 5 heteroatoms. The summed E-state index contributed by atoms with van der Waals surface area (Å²) in [5.41, 5.74) is 1.29. The fourth-order valence-corrected chi connectivity index (χ4v) is 2.10. The van der Waals surface area contributed by atoms with E-state index in [1.54, 1.807) is 6.33 Å². The van der Waals surface area contributed by atoms with Gasteiger partial charge in [0.1, 0.15) is 18.0 Å². The van der Waals surface area contributed by atoms with Crippen LogP contribution in [0.2, 0.25) is 0 Å². The molecule has 0 fully saturated rings. The topological polar surface area (TPSA) is 49.8 Å². The average Bonchev–Trinajstić information content (AvgIpc) is 2.41. The van der Waals surface area contributed by atoms with Gasteiger partial charge in [0.25, 0.3) is 0 Å². The maximum atomic E-state index is 4.17. The van der Waals surface area contributed by atoms with Crippen molar-refractivity contribution in [3.8, 4) is 0 Å². The summed E-state index contributed by atoms with van der Waals surface area (Å²) in [6, 6.07) is 10.1. The van der Waals surface area contributed by atoms with Gasteiger partial charge in [-0.05, 0) is 18.1 Å². The monoisotopic (exact) mass is 306 g/mol. The van der Waals surface area contributed by atoms with Crippen LogP contribution in [-0.2, 0) is 6.42 Å². The Morgan fingerprint density at radius 3 is 2.72 bits per heavy atom. The van der Waals surface area contributed by atoms with E-state index in [1.165, 1.54) is 5.56 Å². The standard InChI is InChI=1S/C13H15BrN4/c1-15-12-8-13(18-9-17-12)16-7-6-10-4-2-3-5-11(10)14/h2-5,8-9H,6-7H2,1H3,(H2,15,16,17,18). The lowest BCUT2D eigenvalue weighted by Gasteiger charge is -2.07. The number of nitrogens with zero attached hydrogens (tertiary/aromatic N) is 2. The summed E-state index contributed by atoms with van der Waals surface area (Å²) in [6.45, 7) is 0.836. The zero-order valence-electron chi connectivity index (χ0n) is 10.2. The van der Waals surface area contributed by atoms with Gasteiger partial charge in [-0.25, -0.2) is 9.97 Å². The number of nitrogens with one attached hydrogen (secondary N) is 2. The zero-order valence-corrected chi connectivity index (χ0v) is 11.7. The van der Waals surface area contributed by atoms with Crippen LogP contribution in [0.4, 0.5) is 11.6 Å². The Morgan fingerprint density at radius 1 is 1.17 bits per heavy atom. The second kappa shape index (κ2) is 6.35. The largest absolute Gasteiger partial charge is 0.373 e. The Morgan fingerprint density at radius 2 is 1.94 bits per heavy atom. The van der Waals surface area contributed by atoms with Crippen LogP contribution in [-0.4, -0.2) is 23.6 Å². The highest BCUT2D eigenvalue weighted by Crippen LogP contribution is 2.16. The predicted molar refractivity (Wildman–Crippen MR) is 77.9 cm³/mol. The molecule has 18 heavy (non-hydrogen) atoms. The van der Waals surface area contributed by atoms with Gasteiger partial charge in [-0.3, -0.25) is 0 Å². The van der Waals surface area contributed by atoms with E-state index in [1.807, 2.05) is 25.2 Å². The second-order valence-electron chi connectivity index (χ2n) is 3.81. The first-order chi connectivity index (χ1) is 8.79. The third-order valence-electron chi connectivity index (χ3n) is 2.58. The van der Waals surface area contributed by atoms with Crippen molar-refractivity contribution in [3.05, 3.63) is 46.7 Å². The Bertz CT molecular complexity index is 516. The van der Waals surface area contributed by atoms with E-state index < -0.39 is 0 Å². The molecule has 2 N–H and O–H groups in total. The van der Waals surface area contributed by atoms with Crippen molar-refractivity contribution in [2.24, 2.45) is 0 Å². The molecule has 0 aliphatic heterocycles. The number of hydrogen-bond acceptors (Lipinski definition) is 4. The minimum absolute atomic E-state index is 0.813. The fraction of sp³-hybridized carbons (Fsp3) is 0.231. The second-order valence-corrected chi connectivity index (χ2v) is 4.66. The summed E-state index contributed by atoms with van der Waals surface area (Å²) in [6.07, 6.45) is 2.49. The smallest absolute Gasteiger partial charge is 0.131 e. The van der Waals surface area contributed by atoms with Crippen LogP contribution in [0, 0.1) is 0 Å². The SMILES string of the molecule is CNc1cc(NCCc2ccccc2Br)ncn1. The molecule has 1 heterocycles. The Hall–Kier alpha value is -1.62. The summed E-state index contributed by atoms with van der Waals surface area (Å²) in [5.74, 6) is 1.65. The van der Waals surface area contributed by atoms with E-state index in [2.05, 4.69) is 48.7 Å². The maximum absolute atomic E-state index is 4.17.